The molecule has 7 nitrogen and oxygen atoms in total. The van der Waals surface area contributed by atoms with E-state index in [1.807, 2.05) is 0 Å². The number of carbonyl (C=O) groups is 3. The molecule has 138 valence electrons. The molecule has 25 heavy (non-hydrogen) atoms. The average Bonchev–Trinajstić information content (AvgIpc) is 2.64. The van der Waals surface area contributed by atoms with Crippen LogP contribution in [0.25, 0.3) is 0 Å². The van der Waals surface area contributed by atoms with Crippen LogP contribution in [0.5, 0.6) is 5.75 Å². The third-order valence-electron chi connectivity index (χ3n) is 3.60. The Hall–Kier alpha value is -2.57. The summed E-state index contributed by atoms with van der Waals surface area (Å²) < 4.78 is 9.69. The number of nitrogens with one attached hydrogen (secondary N) is 2. The summed E-state index contributed by atoms with van der Waals surface area (Å²) in [4.78, 5) is 34.7. The minimum absolute atomic E-state index is 0.117. The smallest absolute Gasteiger partial charge is 0.305 e. The predicted molar refractivity (Wildman–Crippen MR) is 93.4 cm³/mol. The molecule has 0 heterocycles. The fourth-order valence-corrected chi connectivity index (χ4v) is 2.21. The van der Waals surface area contributed by atoms with E-state index in [-0.39, 0.29) is 30.7 Å². The molecule has 0 aliphatic heterocycles. The van der Waals surface area contributed by atoms with Crippen LogP contribution in [0.15, 0.2) is 24.3 Å². The first-order valence-corrected chi connectivity index (χ1v) is 8.33. The number of hydrogen-bond donors (Lipinski definition) is 2. The molecule has 0 atom stereocenters. The van der Waals surface area contributed by atoms with Crippen LogP contribution in [0.4, 0.5) is 0 Å². The van der Waals surface area contributed by atoms with Crippen LogP contribution in [0.1, 0.15) is 42.5 Å². The molecule has 0 aromatic heterocycles. The molecule has 2 amide bonds. The molecule has 2 N–H and O–H groups in total. The van der Waals surface area contributed by atoms with Gasteiger partial charge in [0.2, 0.25) is 5.91 Å². The number of amides is 2. The lowest BCUT2D eigenvalue weighted by Gasteiger charge is -2.09. The van der Waals surface area contributed by atoms with Gasteiger partial charge in [-0.3, -0.25) is 14.4 Å². The van der Waals surface area contributed by atoms with Crippen LogP contribution in [-0.4, -0.2) is 45.1 Å². The number of ether oxygens (including phenoxy) is 2. The van der Waals surface area contributed by atoms with Crippen LogP contribution in [0.3, 0.4) is 0 Å². The molecule has 1 aromatic rings. The molecular formula is C18H26N2O5. The molecule has 0 fully saturated rings. The van der Waals surface area contributed by atoms with Crippen molar-refractivity contribution in [3.63, 3.8) is 0 Å². The quantitative estimate of drug-likeness (QED) is 0.468. The zero-order valence-corrected chi connectivity index (χ0v) is 14.8. The Kier molecular flexibility index (Phi) is 9.74. The first-order chi connectivity index (χ1) is 12.1. The highest BCUT2D eigenvalue weighted by Gasteiger charge is 2.11. The van der Waals surface area contributed by atoms with Crippen LogP contribution < -0.4 is 15.4 Å². The van der Waals surface area contributed by atoms with Crippen molar-refractivity contribution in [2.24, 2.45) is 0 Å². The Bertz CT molecular complexity index is 574. The predicted octanol–water partition coefficient (Wildman–Crippen LogP) is 1.66. The van der Waals surface area contributed by atoms with E-state index in [4.69, 9.17) is 4.74 Å². The summed E-state index contributed by atoms with van der Waals surface area (Å²) in [5.74, 6) is -0.104. The number of para-hydroxylation sites is 1. The van der Waals surface area contributed by atoms with Crippen LogP contribution in [0, 0.1) is 0 Å². The molecule has 0 saturated heterocycles. The minimum Gasteiger partial charge on any atom is -0.496 e. The molecule has 0 saturated carbocycles. The van der Waals surface area contributed by atoms with Crippen molar-refractivity contribution in [2.45, 2.75) is 32.1 Å². The van der Waals surface area contributed by atoms with E-state index >= 15 is 0 Å². The second-order valence-corrected chi connectivity index (χ2v) is 5.44. The summed E-state index contributed by atoms with van der Waals surface area (Å²) in [5, 5.41) is 5.49. The van der Waals surface area contributed by atoms with Gasteiger partial charge in [-0.2, -0.15) is 0 Å². The molecule has 0 unspecified atom stereocenters. The Morgan fingerprint density at radius 2 is 1.68 bits per heavy atom. The second kappa shape index (κ2) is 11.9. The largest absolute Gasteiger partial charge is 0.496 e. The van der Waals surface area contributed by atoms with E-state index < -0.39 is 0 Å². The Balaban J connectivity index is 2.14. The van der Waals surface area contributed by atoms with Crippen molar-refractivity contribution in [3.8, 4) is 5.75 Å². The third kappa shape index (κ3) is 8.19. The summed E-state index contributed by atoms with van der Waals surface area (Å²) in [6, 6.07) is 6.92. The molecule has 1 aromatic carbocycles. The Labute approximate surface area is 148 Å². The lowest BCUT2D eigenvalue weighted by molar-refractivity contribution is -0.140. The molecule has 0 radical (unpaired) electrons. The van der Waals surface area contributed by atoms with Crippen LogP contribution in [-0.2, 0) is 14.3 Å². The molecule has 7 heteroatoms. The summed E-state index contributed by atoms with van der Waals surface area (Å²) in [7, 11) is 2.87. The number of methoxy groups -OCH3 is 2. The van der Waals surface area contributed by atoms with Gasteiger partial charge in [-0.05, 0) is 25.0 Å². The second-order valence-electron chi connectivity index (χ2n) is 5.44. The van der Waals surface area contributed by atoms with E-state index in [1.165, 1.54) is 14.2 Å². The average molecular weight is 350 g/mol. The van der Waals surface area contributed by atoms with Crippen molar-refractivity contribution in [1.82, 2.24) is 10.6 Å². The standard InChI is InChI=1S/C18H26N2O5/c1-24-15-9-6-5-8-14(15)18(23)20-13-11-16(21)19-12-7-3-4-10-17(22)25-2/h5-6,8-9H,3-4,7,10-13H2,1-2H3,(H,19,21)(H,20,23). The Morgan fingerprint density at radius 3 is 2.40 bits per heavy atom. The summed E-state index contributed by atoms with van der Waals surface area (Å²) >= 11 is 0. The van der Waals surface area contributed by atoms with Gasteiger partial charge in [0, 0.05) is 25.9 Å². The molecule has 0 spiro atoms. The number of rotatable bonds is 11. The monoisotopic (exact) mass is 350 g/mol. The van der Waals surface area contributed by atoms with Gasteiger partial charge in [0.25, 0.3) is 5.91 Å². The zero-order valence-electron chi connectivity index (χ0n) is 14.8. The number of unbranched alkanes of at least 4 members (excludes halogenated alkanes) is 2. The molecule has 0 aliphatic rings. The first kappa shape index (κ1) is 20.5. The van der Waals surface area contributed by atoms with Gasteiger partial charge in [0.1, 0.15) is 5.75 Å². The molecule has 0 bridgehead atoms. The fraction of sp³-hybridized carbons (Fsp3) is 0.500. The van der Waals surface area contributed by atoms with Gasteiger partial charge < -0.3 is 20.1 Å². The van der Waals surface area contributed by atoms with Crippen molar-refractivity contribution >= 4 is 17.8 Å². The van der Waals surface area contributed by atoms with E-state index in [0.29, 0.717) is 24.3 Å². The molecule has 0 aliphatic carbocycles. The van der Waals surface area contributed by atoms with E-state index in [1.54, 1.807) is 24.3 Å². The van der Waals surface area contributed by atoms with Crippen molar-refractivity contribution in [3.05, 3.63) is 29.8 Å². The Morgan fingerprint density at radius 1 is 0.920 bits per heavy atom. The highest BCUT2D eigenvalue weighted by atomic mass is 16.5. The van der Waals surface area contributed by atoms with Crippen molar-refractivity contribution in [2.75, 3.05) is 27.3 Å². The first-order valence-electron chi connectivity index (χ1n) is 8.33. The van der Waals surface area contributed by atoms with Crippen LogP contribution in [0.2, 0.25) is 0 Å². The molecular weight excluding hydrogens is 324 g/mol. The number of esters is 1. The maximum Gasteiger partial charge on any atom is 0.305 e. The topological polar surface area (TPSA) is 93.7 Å². The highest BCUT2D eigenvalue weighted by molar-refractivity contribution is 5.97. The zero-order chi connectivity index (χ0) is 18.5. The lowest BCUT2D eigenvalue weighted by atomic mass is 10.2. The summed E-state index contributed by atoms with van der Waals surface area (Å²) in [6.45, 7) is 0.811. The number of benzene rings is 1. The normalized spacial score (nSPS) is 10.0. The van der Waals surface area contributed by atoms with E-state index in [9.17, 15) is 14.4 Å². The van der Waals surface area contributed by atoms with Crippen molar-refractivity contribution in [1.29, 1.82) is 0 Å². The van der Waals surface area contributed by atoms with Gasteiger partial charge in [-0.1, -0.05) is 18.6 Å². The van der Waals surface area contributed by atoms with E-state index in [0.717, 1.165) is 19.3 Å². The maximum atomic E-state index is 12.1. The van der Waals surface area contributed by atoms with Crippen LogP contribution >= 0.6 is 0 Å². The fourth-order valence-electron chi connectivity index (χ4n) is 2.21. The third-order valence-corrected chi connectivity index (χ3v) is 3.60. The van der Waals surface area contributed by atoms with Crippen molar-refractivity contribution < 1.29 is 23.9 Å². The SMILES string of the molecule is COC(=O)CCCCCNC(=O)CCNC(=O)c1ccccc1OC. The number of carbonyl (C=O) groups excluding carboxylic acids is 3. The summed E-state index contributed by atoms with van der Waals surface area (Å²) in [5.41, 5.74) is 0.441. The van der Waals surface area contributed by atoms with Gasteiger partial charge in [-0.25, -0.2) is 0 Å². The van der Waals surface area contributed by atoms with E-state index in [2.05, 4.69) is 15.4 Å². The lowest BCUT2D eigenvalue weighted by Crippen LogP contribution is -2.31. The van der Waals surface area contributed by atoms with Gasteiger partial charge >= 0.3 is 5.97 Å². The minimum atomic E-state index is -0.270. The highest BCUT2D eigenvalue weighted by Crippen LogP contribution is 2.16. The van der Waals surface area contributed by atoms with Gasteiger partial charge in [-0.15, -0.1) is 0 Å². The maximum absolute atomic E-state index is 12.1. The van der Waals surface area contributed by atoms with Gasteiger partial charge in [0.15, 0.2) is 0 Å². The molecule has 1 rings (SSSR count). The number of hydrogen-bond acceptors (Lipinski definition) is 5. The van der Waals surface area contributed by atoms with Gasteiger partial charge in [0.05, 0.1) is 19.8 Å². The summed E-state index contributed by atoms with van der Waals surface area (Å²) in [6.07, 6.45) is 3.01.